The number of hydrogen-bond acceptors (Lipinski definition) is 2. The summed E-state index contributed by atoms with van der Waals surface area (Å²) in [4.78, 5) is 11.3. The predicted octanol–water partition coefficient (Wildman–Crippen LogP) is 2.21. The predicted molar refractivity (Wildman–Crippen MR) is 59.4 cm³/mol. The van der Waals surface area contributed by atoms with E-state index < -0.39 is 11.6 Å². The molecule has 1 amide bonds. The van der Waals surface area contributed by atoms with Crippen molar-refractivity contribution in [2.45, 2.75) is 19.8 Å². The van der Waals surface area contributed by atoms with Crippen LogP contribution in [0.4, 0.5) is 8.78 Å². The summed E-state index contributed by atoms with van der Waals surface area (Å²) in [6.07, 6.45) is 1.79. The maximum absolute atomic E-state index is 13.0. The van der Waals surface area contributed by atoms with Gasteiger partial charge in [-0.1, -0.05) is 0 Å². The molecule has 90 valence electrons. The second-order valence-electron chi connectivity index (χ2n) is 4.08. The molecule has 2 rings (SSSR count). The Labute approximate surface area is 97.5 Å². The molecule has 1 aliphatic carbocycles. The van der Waals surface area contributed by atoms with Crippen LogP contribution in [0.25, 0.3) is 0 Å². The molecule has 1 aromatic carbocycles. The molecule has 0 aliphatic heterocycles. The maximum atomic E-state index is 13.0. The van der Waals surface area contributed by atoms with Gasteiger partial charge in [0, 0.05) is 11.5 Å². The Kier molecular flexibility index (Phi) is 3.17. The molecule has 5 heteroatoms. The van der Waals surface area contributed by atoms with Crippen LogP contribution in [-0.4, -0.2) is 11.6 Å². The van der Waals surface area contributed by atoms with Gasteiger partial charge in [0.1, 0.15) is 0 Å². The highest BCUT2D eigenvalue weighted by atomic mass is 19.2. The Balaban J connectivity index is 2.06. The molecule has 1 aliphatic rings. The molecule has 0 unspecified atom stereocenters. The summed E-state index contributed by atoms with van der Waals surface area (Å²) < 4.78 is 25.7. The molecule has 17 heavy (non-hydrogen) atoms. The minimum Gasteiger partial charge on any atom is -0.273 e. The van der Waals surface area contributed by atoms with Crippen LogP contribution in [0.2, 0.25) is 0 Å². The van der Waals surface area contributed by atoms with Gasteiger partial charge in [-0.05, 0) is 38.0 Å². The van der Waals surface area contributed by atoms with Crippen molar-refractivity contribution in [3.05, 3.63) is 35.4 Å². The van der Waals surface area contributed by atoms with E-state index in [9.17, 15) is 13.6 Å². The lowest BCUT2D eigenvalue weighted by Gasteiger charge is -2.02. The van der Waals surface area contributed by atoms with Gasteiger partial charge < -0.3 is 0 Å². The third-order valence-corrected chi connectivity index (χ3v) is 2.62. The van der Waals surface area contributed by atoms with Crippen LogP contribution in [0.1, 0.15) is 25.3 Å². The van der Waals surface area contributed by atoms with E-state index in [-0.39, 0.29) is 11.8 Å². The minimum atomic E-state index is -0.925. The molecule has 0 atom stereocenters. The SMILES string of the molecule is C/C(=N\NC(=O)C1CC1)c1ccc(F)c(F)c1. The van der Waals surface area contributed by atoms with Crippen LogP contribution in [0.5, 0.6) is 0 Å². The molecular weight excluding hydrogens is 226 g/mol. The van der Waals surface area contributed by atoms with E-state index in [1.807, 2.05) is 0 Å². The van der Waals surface area contributed by atoms with Gasteiger partial charge in [-0.15, -0.1) is 0 Å². The Morgan fingerprint density at radius 3 is 2.65 bits per heavy atom. The van der Waals surface area contributed by atoms with Crippen LogP contribution in [-0.2, 0) is 4.79 Å². The number of nitrogens with zero attached hydrogens (tertiary/aromatic N) is 1. The lowest BCUT2D eigenvalue weighted by atomic mass is 10.1. The largest absolute Gasteiger partial charge is 0.273 e. The Morgan fingerprint density at radius 1 is 1.35 bits per heavy atom. The van der Waals surface area contributed by atoms with Crippen LogP contribution in [0.15, 0.2) is 23.3 Å². The quantitative estimate of drug-likeness (QED) is 0.636. The number of carbonyl (C=O) groups is 1. The fraction of sp³-hybridized carbons (Fsp3) is 0.333. The van der Waals surface area contributed by atoms with Crippen LogP contribution < -0.4 is 5.43 Å². The van der Waals surface area contributed by atoms with Crippen molar-refractivity contribution in [1.29, 1.82) is 0 Å². The molecule has 0 saturated heterocycles. The second-order valence-corrected chi connectivity index (χ2v) is 4.08. The summed E-state index contributed by atoms with van der Waals surface area (Å²) in [5.41, 5.74) is 3.30. The summed E-state index contributed by atoms with van der Waals surface area (Å²) in [5, 5.41) is 3.85. The van der Waals surface area contributed by atoms with Gasteiger partial charge in [0.25, 0.3) is 0 Å². The lowest BCUT2D eigenvalue weighted by molar-refractivity contribution is -0.122. The Morgan fingerprint density at radius 2 is 2.06 bits per heavy atom. The van der Waals surface area contributed by atoms with Crippen molar-refractivity contribution < 1.29 is 13.6 Å². The number of rotatable bonds is 3. The van der Waals surface area contributed by atoms with E-state index in [4.69, 9.17) is 0 Å². The molecule has 0 aromatic heterocycles. The summed E-state index contributed by atoms with van der Waals surface area (Å²) in [6, 6.07) is 3.50. The highest BCUT2D eigenvalue weighted by Crippen LogP contribution is 2.28. The molecule has 1 fully saturated rings. The van der Waals surface area contributed by atoms with Crippen molar-refractivity contribution in [2.75, 3.05) is 0 Å². The summed E-state index contributed by atoms with van der Waals surface area (Å²) in [7, 11) is 0. The first kappa shape index (κ1) is 11.7. The van der Waals surface area contributed by atoms with Gasteiger partial charge in [0.2, 0.25) is 5.91 Å². The number of carbonyl (C=O) groups excluding carboxylic acids is 1. The molecule has 0 heterocycles. The molecule has 0 bridgehead atoms. The van der Waals surface area contributed by atoms with E-state index in [0.717, 1.165) is 25.0 Å². The Bertz CT molecular complexity index is 481. The Hall–Kier alpha value is -1.78. The summed E-state index contributed by atoms with van der Waals surface area (Å²) in [5.74, 6) is -1.88. The number of amides is 1. The monoisotopic (exact) mass is 238 g/mol. The smallest absolute Gasteiger partial charge is 0.243 e. The number of nitrogens with one attached hydrogen (secondary N) is 1. The molecule has 3 nitrogen and oxygen atoms in total. The van der Waals surface area contributed by atoms with Gasteiger partial charge >= 0.3 is 0 Å². The first-order valence-electron chi connectivity index (χ1n) is 5.37. The zero-order valence-corrected chi connectivity index (χ0v) is 9.34. The van der Waals surface area contributed by atoms with Crippen molar-refractivity contribution in [3.63, 3.8) is 0 Å². The average molecular weight is 238 g/mol. The van der Waals surface area contributed by atoms with Gasteiger partial charge in [0.05, 0.1) is 5.71 Å². The van der Waals surface area contributed by atoms with E-state index in [1.165, 1.54) is 6.07 Å². The van der Waals surface area contributed by atoms with E-state index in [2.05, 4.69) is 10.5 Å². The zero-order valence-electron chi connectivity index (χ0n) is 9.34. The molecule has 1 saturated carbocycles. The molecular formula is C12H12F2N2O. The van der Waals surface area contributed by atoms with Crippen LogP contribution in [0, 0.1) is 17.6 Å². The number of benzene rings is 1. The molecule has 1 aromatic rings. The molecule has 0 spiro atoms. The van der Waals surface area contributed by atoms with Crippen LogP contribution >= 0.6 is 0 Å². The van der Waals surface area contributed by atoms with Gasteiger partial charge in [-0.2, -0.15) is 5.10 Å². The zero-order chi connectivity index (χ0) is 12.4. The average Bonchev–Trinajstić information content (AvgIpc) is 3.13. The fourth-order valence-electron chi connectivity index (χ4n) is 1.36. The standard InChI is InChI=1S/C12H12F2N2O/c1-7(15-16-12(17)8-2-3-8)9-4-5-10(13)11(14)6-9/h4-6,8H,2-3H2,1H3,(H,16,17)/b15-7+. The highest BCUT2D eigenvalue weighted by Gasteiger charge is 2.29. The topological polar surface area (TPSA) is 41.5 Å². The normalized spacial score (nSPS) is 15.8. The number of halogens is 2. The first-order chi connectivity index (χ1) is 8.08. The van der Waals surface area contributed by atoms with E-state index in [0.29, 0.717) is 11.3 Å². The minimum absolute atomic E-state index is 0.0662. The second kappa shape index (κ2) is 4.61. The maximum Gasteiger partial charge on any atom is 0.243 e. The molecule has 0 radical (unpaired) electrons. The van der Waals surface area contributed by atoms with E-state index in [1.54, 1.807) is 6.92 Å². The fourth-order valence-corrected chi connectivity index (χ4v) is 1.36. The summed E-state index contributed by atoms with van der Waals surface area (Å²) in [6.45, 7) is 1.62. The van der Waals surface area contributed by atoms with Crippen LogP contribution in [0.3, 0.4) is 0 Å². The van der Waals surface area contributed by atoms with E-state index >= 15 is 0 Å². The first-order valence-corrected chi connectivity index (χ1v) is 5.37. The lowest BCUT2D eigenvalue weighted by Crippen LogP contribution is -2.20. The van der Waals surface area contributed by atoms with Gasteiger partial charge in [-0.25, -0.2) is 14.2 Å². The van der Waals surface area contributed by atoms with Crippen molar-refractivity contribution in [1.82, 2.24) is 5.43 Å². The number of hydrogen-bond donors (Lipinski definition) is 1. The third kappa shape index (κ3) is 2.87. The molecule has 1 N–H and O–H groups in total. The van der Waals surface area contributed by atoms with Crippen molar-refractivity contribution in [3.8, 4) is 0 Å². The van der Waals surface area contributed by atoms with Gasteiger partial charge in [0.15, 0.2) is 11.6 Å². The van der Waals surface area contributed by atoms with Crippen molar-refractivity contribution >= 4 is 11.6 Å². The van der Waals surface area contributed by atoms with Crippen molar-refractivity contribution in [2.24, 2.45) is 11.0 Å². The highest BCUT2D eigenvalue weighted by molar-refractivity contribution is 5.99. The number of hydrazone groups is 1. The van der Waals surface area contributed by atoms with Gasteiger partial charge in [-0.3, -0.25) is 4.79 Å². The summed E-state index contributed by atoms with van der Waals surface area (Å²) >= 11 is 0. The third-order valence-electron chi connectivity index (χ3n) is 2.62.